The molecule has 0 saturated heterocycles. The maximum Gasteiger partial charge on any atom is 0.326 e. The third-order valence-corrected chi connectivity index (χ3v) is 3.03. The quantitative estimate of drug-likeness (QED) is 0.818. The summed E-state index contributed by atoms with van der Waals surface area (Å²) in [6.45, 7) is -0.220. The van der Waals surface area contributed by atoms with Crippen LogP contribution in [0.4, 0.5) is 0 Å². The molecule has 0 aliphatic carbocycles. The standard InChI is InChI=1S/C17H17NO4/c19-16(12-22-14-9-5-2-6-10-14)18-15(17(20)21)11-13-7-3-1-4-8-13/h1-10,15H,11-12H2,(H,18,19)(H,20,21)/t15-/m1/s1. The molecule has 0 bridgehead atoms. The van der Waals surface area contributed by atoms with E-state index < -0.39 is 17.9 Å². The lowest BCUT2D eigenvalue weighted by Gasteiger charge is -2.15. The zero-order valence-corrected chi connectivity index (χ0v) is 11.9. The van der Waals surface area contributed by atoms with E-state index in [9.17, 15) is 14.7 Å². The predicted molar refractivity (Wildman–Crippen MR) is 81.6 cm³/mol. The molecule has 5 heteroatoms. The summed E-state index contributed by atoms with van der Waals surface area (Å²) in [7, 11) is 0. The summed E-state index contributed by atoms with van der Waals surface area (Å²) in [5.41, 5.74) is 0.846. The molecular formula is C17H17NO4. The predicted octanol–water partition coefficient (Wildman–Crippen LogP) is 1.88. The zero-order chi connectivity index (χ0) is 15.8. The van der Waals surface area contributed by atoms with E-state index in [-0.39, 0.29) is 13.0 Å². The number of carboxylic acids is 1. The zero-order valence-electron chi connectivity index (χ0n) is 11.9. The number of nitrogens with one attached hydrogen (secondary N) is 1. The Morgan fingerprint density at radius 3 is 2.18 bits per heavy atom. The van der Waals surface area contributed by atoms with Crippen molar-refractivity contribution < 1.29 is 19.4 Å². The fourth-order valence-corrected chi connectivity index (χ4v) is 1.95. The molecule has 1 amide bonds. The van der Waals surface area contributed by atoms with Gasteiger partial charge in [0.05, 0.1) is 0 Å². The number of aliphatic carboxylic acids is 1. The molecule has 2 N–H and O–H groups in total. The van der Waals surface area contributed by atoms with E-state index >= 15 is 0 Å². The SMILES string of the molecule is O=C(COc1ccccc1)N[C@H](Cc1ccccc1)C(=O)O. The van der Waals surface area contributed by atoms with E-state index in [1.807, 2.05) is 36.4 Å². The van der Waals surface area contributed by atoms with Gasteiger partial charge in [0, 0.05) is 6.42 Å². The highest BCUT2D eigenvalue weighted by atomic mass is 16.5. The van der Waals surface area contributed by atoms with Crippen molar-refractivity contribution in [2.45, 2.75) is 12.5 Å². The smallest absolute Gasteiger partial charge is 0.326 e. The molecule has 0 spiro atoms. The molecule has 1 atom stereocenters. The molecule has 0 aromatic heterocycles. The highest BCUT2D eigenvalue weighted by Crippen LogP contribution is 2.08. The second-order valence-corrected chi connectivity index (χ2v) is 4.75. The minimum atomic E-state index is -1.07. The van der Waals surface area contributed by atoms with Gasteiger partial charge in [-0.25, -0.2) is 4.79 Å². The minimum absolute atomic E-state index is 0.220. The highest BCUT2D eigenvalue weighted by molar-refractivity contribution is 5.84. The van der Waals surface area contributed by atoms with Crippen LogP contribution in [0.2, 0.25) is 0 Å². The third kappa shape index (κ3) is 4.94. The van der Waals surface area contributed by atoms with Gasteiger partial charge in [-0.05, 0) is 17.7 Å². The van der Waals surface area contributed by atoms with Crippen molar-refractivity contribution in [2.24, 2.45) is 0 Å². The van der Waals surface area contributed by atoms with Crippen LogP contribution in [-0.4, -0.2) is 29.6 Å². The van der Waals surface area contributed by atoms with E-state index in [0.29, 0.717) is 5.75 Å². The first-order chi connectivity index (χ1) is 10.6. The molecule has 0 fully saturated rings. The summed E-state index contributed by atoms with van der Waals surface area (Å²) in [6, 6.07) is 17.1. The Balaban J connectivity index is 1.88. The molecule has 0 heterocycles. The van der Waals surface area contributed by atoms with Crippen LogP contribution >= 0.6 is 0 Å². The lowest BCUT2D eigenvalue weighted by molar-refractivity contribution is -0.142. The van der Waals surface area contributed by atoms with Crippen LogP contribution in [0.3, 0.4) is 0 Å². The summed E-state index contributed by atoms with van der Waals surface area (Å²) < 4.78 is 5.29. The van der Waals surface area contributed by atoms with Gasteiger partial charge in [0.1, 0.15) is 11.8 Å². The van der Waals surface area contributed by atoms with Gasteiger partial charge in [0.15, 0.2) is 6.61 Å². The van der Waals surface area contributed by atoms with Crippen LogP contribution in [0.5, 0.6) is 5.75 Å². The molecule has 0 radical (unpaired) electrons. The lowest BCUT2D eigenvalue weighted by atomic mass is 10.1. The Morgan fingerprint density at radius 1 is 1.00 bits per heavy atom. The maximum atomic E-state index is 11.8. The van der Waals surface area contributed by atoms with Crippen molar-refractivity contribution in [1.82, 2.24) is 5.32 Å². The molecule has 5 nitrogen and oxygen atoms in total. The molecule has 22 heavy (non-hydrogen) atoms. The number of hydrogen-bond acceptors (Lipinski definition) is 3. The number of carbonyl (C=O) groups is 2. The van der Waals surface area contributed by atoms with Gasteiger partial charge in [0.2, 0.25) is 0 Å². The van der Waals surface area contributed by atoms with E-state index in [1.165, 1.54) is 0 Å². The Hall–Kier alpha value is -2.82. The average molecular weight is 299 g/mol. The van der Waals surface area contributed by atoms with Crippen molar-refractivity contribution in [3.63, 3.8) is 0 Å². The van der Waals surface area contributed by atoms with Gasteiger partial charge in [-0.1, -0.05) is 48.5 Å². The number of carbonyl (C=O) groups excluding carboxylic acids is 1. The Morgan fingerprint density at radius 2 is 1.59 bits per heavy atom. The van der Waals surface area contributed by atoms with E-state index in [0.717, 1.165) is 5.56 Å². The van der Waals surface area contributed by atoms with Crippen LogP contribution in [-0.2, 0) is 16.0 Å². The first-order valence-corrected chi connectivity index (χ1v) is 6.89. The largest absolute Gasteiger partial charge is 0.484 e. The minimum Gasteiger partial charge on any atom is -0.484 e. The van der Waals surface area contributed by atoms with Gasteiger partial charge < -0.3 is 15.2 Å². The molecule has 0 saturated carbocycles. The van der Waals surface area contributed by atoms with Crippen LogP contribution in [0, 0.1) is 0 Å². The van der Waals surface area contributed by atoms with Crippen molar-refractivity contribution >= 4 is 11.9 Å². The third-order valence-electron chi connectivity index (χ3n) is 3.03. The highest BCUT2D eigenvalue weighted by Gasteiger charge is 2.20. The molecule has 2 rings (SSSR count). The normalized spacial score (nSPS) is 11.5. The number of ether oxygens (including phenoxy) is 1. The molecule has 2 aromatic carbocycles. The average Bonchev–Trinajstić information content (AvgIpc) is 2.54. The topological polar surface area (TPSA) is 75.6 Å². The second kappa shape index (κ2) is 7.83. The summed E-state index contributed by atoms with van der Waals surface area (Å²) >= 11 is 0. The number of carboxylic acid groups (broad SMARTS) is 1. The first kappa shape index (κ1) is 15.6. The summed E-state index contributed by atoms with van der Waals surface area (Å²) in [5.74, 6) is -0.975. The van der Waals surface area contributed by atoms with Gasteiger partial charge in [-0.2, -0.15) is 0 Å². The fraction of sp³-hybridized carbons (Fsp3) is 0.176. The van der Waals surface area contributed by atoms with Crippen molar-refractivity contribution in [2.75, 3.05) is 6.61 Å². The Kier molecular flexibility index (Phi) is 5.54. The van der Waals surface area contributed by atoms with Gasteiger partial charge in [-0.15, -0.1) is 0 Å². The molecule has 114 valence electrons. The van der Waals surface area contributed by atoms with Gasteiger partial charge in [0.25, 0.3) is 5.91 Å². The fourth-order valence-electron chi connectivity index (χ4n) is 1.95. The monoisotopic (exact) mass is 299 g/mol. The number of benzene rings is 2. The molecule has 0 aliphatic heterocycles. The molecular weight excluding hydrogens is 282 g/mol. The number of para-hydroxylation sites is 1. The van der Waals surface area contributed by atoms with Crippen molar-refractivity contribution in [1.29, 1.82) is 0 Å². The molecule has 0 unspecified atom stereocenters. The summed E-state index contributed by atoms with van der Waals surface area (Å²) in [5, 5.41) is 11.7. The Bertz CT molecular complexity index is 613. The van der Waals surface area contributed by atoms with E-state index in [1.54, 1.807) is 24.3 Å². The number of hydrogen-bond donors (Lipinski definition) is 2. The van der Waals surface area contributed by atoms with Gasteiger partial charge in [-0.3, -0.25) is 4.79 Å². The molecule has 0 aliphatic rings. The van der Waals surface area contributed by atoms with Crippen molar-refractivity contribution in [3.05, 3.63) is 66.2 Å². The second-order valence-electron chi connectivity index (χ2n) is 4.75. The molecule has 2 aromatic rings. The first-order valence-electron chi connectivity index (χ1n) is 6.89. The van der Waals surface area contributed by atoms with Crippen molar-refractivity contribution in [3.8, 4) is 5.75 Å². The summed E-state index contributed by atoms with van der Waals surface area (Å²) in [6.07, 6.45) is 0.229. The van der Waals surface area contributed by atoms with Crippen LogP contribution in [0.25, 0.3) is 0 Å². The van der Waals surface area contributed by atoms with Crippen LogP contribution in [0.15, 0.2) is 60.7 Å². The number of amides is 1. The van der Waals surface area contributed by atoms with Gasteiger partial charge >= 0.3 is 5.97 Å². The number of rotatable bonds is 7. The summed E-state index contributed by atoms with van der Waals surface area (Å²) in [4.78, 5) is 23.1. The van der Waals surface area contributed by atoms with E-state index in [4.69, 9.17) is 4.74 Å². The maximum absolute atomic E-state index is 11.8. The lowest BCUT2D eigenvalue weighted by Crippen LogP contribution is -2.44. The van der Waals surface area contributed by atoms with Crippen LogP contribution < -0.4 is 10.1 Å². The van der Waals surface area contributed by atoms with E-state index in [2.05, 4.69) is 5.32 Å². The Labute approximate surface area is 128 Å². The van der Waals surface area contributed by atoms with Crippen LogP contribution in [0.1, 0.15) is 5.56 Å².